The highest BCUT2D eigenvalue weighted by molar-refractivity contribution is 5.56. The Labute approximate surface area is 116 Å². The monoisotopic (exact) mass is 259 g/mol. The predicted molar refractivity (Wildman–Crippen MR) is 81.9 cm³/mol. The van der Waals surface area contributed by atoms with Crippen LogP contribution < -0.4 is 15.5 Å². The van der Waals surface area contributed by atoms with Crippen molar-refractivity contribution in [2.24, 2.45) is 5.73 Å². The number of hydrogen-bond acceptors (Lipinski definition) is 3. The van der Waals surface area contributed by atoms with E-state index in [2.05, 4.69) is 34.1 Å². The SMILES string of the molecule is NC1CCN(c2ccc(N3CCCCC3)cc2)CC1. The molecule has 3 rings (SSSR count). The van der Waals surface area contributed by atoms with Crippen LogP contribution in [0, 0.1) is 0 Å². The summed E-state index contributed by atoms with van der Waals surface area (Å²) in [6, 6.07) is 9.54. The molecule has 0 aliphatic carbocycles. The Kier molecular flexibility index (Phi) is 3.92. The van der Waals surface area contributed by atoms with Gasteiger partial charge in [0.1, 0.15) is 0 Å². The van der Waals surface area contributed by atoms with Gasteiger partial charge in [0.15, 0.2) is 0 Å². The van der Waals surface area contributed by atoms with Gasteiger partial charge in [-0.2, -0.15) is 0 Å². The zero-order valence-electron chi connectivity index (χ0n) is 11.7. The summed E-state index contributed by atoms with van der Waals surface area (Å²) in [6.07, 6.45) is 6.31. The van der Waals surface area contributed by atoms with Gasteiger partial charge in [-0.05, 0) is 56.4 Å². The Bertz CT molecular complexity index is 387. The lowest BCUT2D eigenvalue weighted by atomic mass is 10.1. The summed E-state index contributed by atoms with van der Waals surface area (Å²) < 4.78 is 0. The van der Waals surface area contributed by atoms with E-state index in [0.29, 0.717) is 6.04 Å². The van der Waals surface area contributed by atoms with Crippen LogP contribution in [0.15, 0.2) is 24.3 Å². The summed E-state index contributed by atoms with van der Waals surface area (Å²) in [4.78, 5) is 4.97. The molecule has 3 nitrogen and oxygen atoms in total. The minimum atomic E-state index is 0.406. The first-order chi connectivity index (χ1) is 9.33. The molecule has 0 spiro atoms. The van der Waals surface area contributed by atoms with E-state index in [1.807, 2.05) is 0 Å². The highest BCUT2D eigenvalue weighted by Gasteiger charge is 2.17. The van der Waals surface area contributed by atoms with Gasteiger partial charge in [0.2, 0.25) is 0 Å². The second kappa shape index (κ2) is 5.83. The van der Waals surface area contributed by atoms with Crippen LogP contribution in [0.5, 0.6) is 0 Å². The highest BCUT2D eigenvalue weighted by atomic mass is 15.1. The summed E-state index contributed by atoms with van der Waals surface area (Å²) in [7, 11) is 0. The molecule has 0 radical (unpaired) electrons. The first-order valence-corrected chi connectivity index (χ1v) is 7.68. The summed E-state index contributed by atoms with van der Waals surface area (Å²) in [5, 5.41) is 0. The molecule has 19 heavy (non-hydrogen) atoms. The lowest BCUT2D eigenvalue weighted by molar-refractivity contribution is 0.501. The van der Waals surface area contributed by atoms with Crippen molar-refractivity contribution >= 4 is 11.4 Å². The maximum absolute atomic E-state index is 5.96. The molecule has 0 saturated carbocycles. The van der Waals surface area contributed by atoms with E-state index in [1.54, 1.807) is 0 Å². The van der Waals surface area contributed by atoms with Crippen LogP contribution in [0.25, 0.3) is 0 Å². The molecule has 0 bridgehead atoms. The highest BCUT2D eigenvalue weighted by Crippen LogP contribution is 2.25. The molecular formula is C16H25N3. The van der Waals surface area contributed by atoms with Crippen LogP contribution in [-0.4, -0.2) is 32.2 Å². The van der Waals surface area contributed by atoms with Gasteiger partial charge in [0.05, 0.1) is 0 Å². The zero-order chi connectivity index (χ0) is 13.1. The molecule has 2 aliphatic rings. The number of anilines is 2. The first-order valence-electron chi connectivity index (χ1n) is 7.68. The van der Waals surface area contributed by atoms with Crippen molar-refractivity contribution in [1.82, 2.24) is 0 Å². The molecule has 2 fully saturated rings. The quantitative estimate of drug-likeness (QED) is 0.886. The van der Waals surface area contributed by atoms with E-state index in [0.717, 1.165) is 25.9 Å². The minimum Gasteiger partial charge on any atom is -0.372 e. The lowest BCUT2D eigenvalue weighted by Gasteiger charge is -2.33. The third-order valence-electron chi connectivity index (χ3n) is 4.48. The van der Waals surface area contributed by atoms with Crippen molar-refractivity contribution in [2.75, 3.05) is 36.0 Å². The van der Waals surface area contributed by atoms with E-state index in [-0.39, 0.29) is 0 Å². The van der Waals surface area contributed by atoms with Crippen molar-refractivity contribution in [1.29, 1.82) is 0 Å². The van der Waals surface area contributed by atoms with E-state index >= 15 is 0 Å². The topological polar surface area (TPSA) is 32.5 Å². The molecular weight excluding hydrogens is 234 g/mol. The first kappa shape index (κ1) is 12.8. The summed E-state index contributed by atoms with van der Waals surface area (Å²) in [6.45, 7) is 4.64. The molecule has 0 amide bonds. The van der Waals surface area contributed by atoms with E-state index in [4.69, 9.17) is 5.73 Å². The average Bonchev–Trinajstić information content (AvgIpc) is 2.49. The van der Waals surface area contributed by atoms with E-state index in [1.165, 1.54) is 43.7 Å². The third-order valence-corrected chi connectivity index (χ3v) is 4.48. The second-order valence-corrected chi connectivity index (χ2v) is 5.89. The van der Waals surface area contributed by atoms with Crippen LogP contribution in [0.2, 0.25) is 0 Å². The smallest absolute Gasteiger partial charge is 0.0367 e. The standard InChI is InChI=1S/C16H25N3/c17-14-8-12-19(13-9-14)16-6-4-15(5-7-16)18-10-2-1-3-11-18/h4-7,14H,1-3,8-13,17H2. The molecule has 2 saturated heterocycles. The van der Waals surface area contributed by atoms with Gasteiger partial charge in [-0.1, -0.05) is 0 Å². The van der Waals surface area contributed by atoms with Gasteiger partial charge >= 0.3 is 0 Å². The number of rotatable bonds is 2. The molecule has 0 unspecified atom stereocenters. The Hall–Kier alpha value is -1.22. The van der Waals surface area contributed by atoms with Crippen LogP contribution in [0.1, 0.15) is 32.1 Å². The summed E-state index contributed by atoms with van der Waals surface area (Å²) >= 11 is 0. The number of benzene rings is 1. The predicted octanol–water partition coefficient (Wildman–Crippen LogP) is 2.60. The molecule has 1 aromatic carbocycles. The van der Waals surface area contributed by atoms with Crippen molar-refractivity contribution in [3.05, 3.63) is 24.3 Å². The molecule has 104 valence electrons. The Balaban J connectivity index is 1.65. The molecule has 2 N–H and O–H groups in total. The largest absolute Gasteiger partial charge is 0.372 e. The van der Waals surface area contributed by atoms with Gasteiger partial charge in [-0.3, -0.25) is 0 Å². The maximum Gasteiger partial charge on any atom is 0.0367 e. The Morgan fingerprint density at radius 1 is 0.737 bits per heavy atom. The van der Waals surface area contributed by atoms with Crippen molar-refractivity contribution < 1.29 is 0 Å². The summed E-state index contributed by atoms with van der Waals surface area (Å²) in [5.74, 6) is 0. The number of piperidine rings is 2. The van der Waals surface area contributed by atoms with Crippen LogP contribution >= 0.6 is 0 Å². The maximum atomic E-state index is 5.96. The molecule has 0 atom stereocenters. The van der Waals surface area contributed by atoms with Gasteiger partial charge in [-0.25, -0.2) is 0 Å². The second-order valence-electron chi connectivity index (χ2n) is 5.89. The van der Waals surface area contributed by atoms with E-state index < -0.39 is 0 Å². The van der Waals surface area contributed by atoms with Gasteiger partial charge in [0.25, 0.3) is 0 Å². The number of nitrogens with zero attached hydrogens (tertiary/aromatic N) is 2. The van der Waals surface area contributed by atoms with Crippen molar-refractivity contribution in [3.63, 3.8) is 0 Å². The Morgan fingerprint density at radius 3 is 1.74 bits per heavy atom. The van der Waals surface area contributed by atoms with Crippen molar-refractivity contribution in [2.45, 2.75) is 38.1 Å². The number of nitrogens with two attached hydrogens (primary N) is 1. The van der Waals surface area contributed by atoms with Crippen LogP contribution in [-0.2, 0) is 0 Å². The van der Waals surface area contributed by atoms with Crippen LogP contribution in [0.4, 0.5) is 11.4 Å². The van der Waals surface area contributed by atoms with Gasteiger partial charge in [0, 0.05) is 43.6 Å². The molecule has 2 aliphatic heterocycles. The summed E-state index contributed by atoms with van der Waals surface area (Å²) in [5.41, 5.74) is 8.70. The lowest BCUT2D eigenvalue weighted by Crippen LogP contribution is -2.39. The molecule has 2 heterocycles. The van der Waals surface area contributed by atoms with Gasteiger partial charge in [-0.15, -0.1) is 0 Å². The fraction of sp³-hybridized carbons (Fsp3) is 0.625. The normalized spacial score (nSPS) is 21.7. The fourth-order valence-corrected chi connectivity index (χ4v) is 3.18. The number of hydrogen-bond donors (Lipinski definition) is 1. The van der Waals surface area contributed by atoms with E-state index in [9.17, 15) is 0 Å². The zero-order valence-corrected chi connectivity index (χ0v) is 11.7. The average molecular weight is 259 g/mol. The third kappa shape index (κ3) is 3.03. The fourth-order valence-electron chi connectivity index (χ4n) is 3.18. The van der Waals surface area contributed by atoms with Crippen molar-refractivity contribution in [3.8, 4) is 0 Å². The molecule has 3 heteroatoms. The minimum absolute atomic E-state index is 0.406. The molecule has 0 aromatic heterocycles. The molecule has 1 aromatic rings. The van der Waals surface area contributed by atoms with Gasteiger partial charge < -0.3 is 15.5 Å². The Morgan fingerprint density at radius 2 is 1.21 bits per heavy atom. The van der Waals surface area contributed by atoms with Crippen LogP contribution in [0.3, 0.4) is 0 Å².